The predicted octanol–water partition coefficient (Wildman–Crippen LogP) is 15.5. The average Bonchev–Trinajstić information content (AvgIpc) is 3.37. The molecule has 0 saturated carbocycles. The molecule has 71 heavy (non-hydrogen) atoms. The first kappa shape index (κ1) is 67.4. The highest BCUT2D eigenvalue weighted by Crippen LogP contribution is 2.23. The summed E-state index contributed by atoms with van der Waals surface area (Å²) in [7, 11) is 0. The van der Waals surface area contributed by atoms with Crippen molar-refractivity contribution in [2.75, 3.05) is 13.2 Å². The van der Waals surface area contributed by atoms with E-state index in [1.54, 1.807) is 6.08 Å². The van der Waals surface area contributed by atoms with E-state index < -0.39 is 49.5 Å². The summed E-state index contributed by atoms with van der Waals surface area (Å²) < 4.78 is 11.3. The fraction of sp³-hybridized carbons (Fsp3) is 0.887. The molecule has 1 aliphatic heterocycles. The number of unbranched alkanes of at least 4 members (excludes halogenated alkanes) is 39. The van der Waals surface area contributed by atoms with Crippen molar-refractivity contribution in [3.63, 3.8) is 0 Å². The van der Waals surface area contributed by atoms with E-state index in [0.29, 0.717) is 6.42 Å². The van der Waals surface area contributed by atoms with Gasteiger partial charge >= 0.3 is 0 Å². The highest BCUT2D eigenvalue weighted by Gasteiger charge is 2.44. The molecule has 0 aromatic rings. The molecule has 1 amide bonds. The van der Waals surface area contributed by atoms with E-state index in [2.05, 4.69) is 43.5 Å². The van der Waals surface area contributed by atoms with Gasteiger partial charge in [-0.05, 0) is 57.8 Å². The smallest absolute Gasteiger partial charge is 0.220 e. The van der Waals surface area contributed by atoms with Crippen molar-refractivity contribution >= 4 is 5.91 Å². The van der Waals surface area contributed by atoms with Crippen molar-refractivity contribution < 1.29 is 39.8 Å². The molecule has 1 fully saturated rings. The summed E-state index contributed by atoms with van der Waals surface area (Å²) in [4.78, 5) is 13.0. The summed E-state index contributed by atoms with van der Waals surface area (Å²) in [6.45, 7) is 3.78. The van der Waals surface area contributed by atoms with Gasteiger partial charge in [-0.3, -0.25) is 4.79 Å². The van der Waals surface area contributed by atoms with E-state index in [0.717, 1.165) is 57.8 Å². The predicted molar refractivity (Wildman–Crippen MR) is 300 cm³/mol. The Morgan fingerprint density at radius 2 is 0.803 bits per heavy atom. The number of ether oxygens (including phenoxy) is 2. The lowest BCUT2D eigenvalue weighted by molar-refractivity contribution is -0.302. The molecular weight excluding hydrogens is 887 g/mol. The van der Waals surface area contributed by atoms with Crippen molar-refractivity contribution in [3.05, 3.63) is 36.5 Å². The van der Waals surface area contributed by atoms with Gasteiger partial charge in [-0.15, -0.1) is 0 Å². The third-order valence-electron chi connectivity index (χ3n) is 14.7. The van der Waals surface area contributed by atoms with E-state index in [-0.39, 0.29) is 12.5 Å². The molecule has 7 unspecified atom stereocenters. The molecule has 418 valence electrons. The highest BCUT2D eigenvalue weighted by atomic mass is 16.7. The summed E-state index contributed by atoms with van der Waals surface area (Å²) in [5.74, 6) is -0.192. The van der Waals surface area contributed by atoms with Gasteiger partial charge in [-0.2, -0.15) is 0 Å². The maximum Gasteiger partial charge on any atom is 0.220 e. The molecule has 1 aliphatic rings. The minimum Gasteiger partial charge on any atom is -0.394 e. The van der Waals surface area contributed by atoms with Crippen molar-refractivity contribution in [2.24, 2.45) is 0 Å². The third-order valence-corrected chi connectivity index (χ3v) is 14.7. The quantitative estimate of drug-likeness (QED) is 0.0261. The molecule has 9 nitrogen and oxygen atoms in total. The number of carbonyl (C=O) groups excluding carboxylic acids is 1. The monoisotopic (exact) mass is 1000 g/mol. The number of hydrogen-bond donors (Lipinski definition) is 6. The van der Waals surface area contributed by atoms with Gasteiger partial charge in [0.1, 0.15) is 24.4 Å². The van der Waals surface area contributed by atoms with Crippen LogP contribution in [0.1, 0.15) is 296 Å². The largest absolute Gasteiger partial charge is 0.394 e. The SMILES string of the molecule is CCCCCCCCC/C=C\CCCCCCCC(=O)NC(COC1OC(CO)C(O)C(O)C1O)C(O)/C=C/CC/C=C/CCCCCCCCCCCCCCCCCCCCCCCCCCCC. The van der Waals surface area contributed by atoms with Crippen LogP contribution < -0.4 is 5.32 Å². The maximum absolute atomic E-state index is 13.0. The first-order valence-corrected chi connectivity index (χ1v) is 30.7. The Bertz CT molecular complexity index is 1210. The van der Waals surface area contributed by atoms with Crippen LogP contribution in [-0.2, 0) is 14.3 Å². The molecule has 0 aromatic carbocycles. The van der Waals surface area contributed by atoms with Crippen LogP contribution >= 0.6 is 0 Å². The molecule has 0 spiro atoms. The van der Waals surface area contributed by atoms with Crippen LogP contribution in [0.4, 0.5) is 0 Å². The number of carbonyl (C=O) groups is 1. The second-order valence-corrected chi connectivity index (χ2v) is 21.5. The molecule has 9 heteroatoms. The summed E-state index contributed by atoms with van der Waals surface area (Å²) in [5, 5.41) is 54.5. The van der Waals surface area contributed by atoms with Gasteiger partial charge in [0.05, 0.1) is 25.4 Å². The summed E-state index contributed by atoms with van der Waals surface area (Å²) in [6.07, 6.45) is 61.0. The fourth-order valence-electron chi connectivity index (χ4n) is 9.82. The van der Waals surface area contributed by atoms with Crippen LogP contribution in [0.25, 0.3) is 0 Å². The molecule has 0 radical (unpaired) electrons. The average molecular weight is 1000 g/mol. The molecular formula is C62H117NO8. The molecule has 0 bridgehead atoms. The lowest BCUT2D eigenvalue weighted by atomic mass is 9.99. The Labute approximate surface area is 438 Å². The van der Waals surface area contributed by atoms with Crippen LogP contribution in [0, 0.1) is 0 Å². The zero-order valence-electron chi connectivity index (χ0n) is 46.5. The normalized spacial score (nSPS) is 19.5. The Hall–Kier alpha value is -1.59. The van der Waals surface area contributed by atoms with Crippen LogP contribution in [0.2, 0.25) is 0 Å². The van der Waals surface area contributed by atoms with Gasteiger partial charge in [-0.1, -0.05) is 269 Å². The van der Waals surface area contributed by atoms with Crippen molar-refractivity contribution in [2.45, 2.75) is 339 Å². The molecule has 1 saturated heterocycles. The molecule has 6 N–H and O–H groups in total. The van der Waals surface area contributed by atoms with Crippen molar-refractivity contribution in [1.82, 2.24) is 5.32 Å². The van der Waals surface area contributed by atoms with Crippen LogP contribution in [-0.4, -0.2) is 87.5 Å². The van der Waals surface area contributed by atoms with Crippen molar-refractivity contribution in [3.8, 4) is 0 Å². The van der Waals surface area contributed by atoms with Crippen LogP contribution in [0.5, 0.6) is 0 Å². The minimum atomic E-state index is -1.57. The van der Waals surface area contributed by atoms with E-state index in [1.165, 1.54) is 218 Å². The summed E-state index contributed by atoms with van der Waals surface area (Å²) >= 11 is 0. The van der Waals surface area contributed by atoms with Gasteiger partial charge in [0, 0.05) is 6.42 Å². The zero-order chi connectivity index (χ0) is 51.5. The molecule has 7 atom stereocenters. The van der Waals surface area contributed by atoms with E-state index >= 15 is 0 Å². The number of hydrogen-bond acceptors (Lipinski definition) is 8. The van der Waals surface area contributed by atoms with Crippen LogP contribution in [0.15, 0.2) is 36.5 Å². The Morgan fingerprint density at radius 1 is 0.465 bits per heavy atom. The number of amides is 1. The second-order valence-electron chi connectivity index (χ2n) is 21.5. The maximum atomic E-state index is 13.0. The van der Waals surface area contributed by atoms with Crippen LogP contribution in [0.3, 0.4) is 0 Å². The number of aliphatic hydroxyl groups excluding tert-OH is 5. The minimum absolute atomic E-state index is 0.192. The van der Waals surface area contributed by atoms with Gasteiger partial charge in [-0.25, -0.2) is 0 Å². The lowest BCUT2D eigenvalue weighted by Gasteiger charge is -2.40. The first-order valence-electron chi connectivity index (χ1n) is 30.7. The second kappa shape index (κ2) is 51.9. The lowest BCUT2D eigenvalue weighted by Crippen LogP contribution is -2.60. The number of aliphatic hydroxyl groups is 5. The van der Waals surface area contributed by atoms with Gasteiger partial charge < -0.3 is 40.3 Å². The Morgan fingerprint density at radius 3 is 1.18 bits per heavy atom. The van der Waals surface area contributed by atoms with Gasteiger partial charge in [0.25, 0.3) is 0 Å². The topological polar surface area (TPSA) is 149 Å². The molecule has 1 rings (SSSR count). The standard InChI is InChI=1S/C62H117NO8/c1-3-5-7-9-11-13-15-17-19-21-22-23-24-25-26-27-28-29-30-31-32-33-34-35-36-37-39-41-43-45-47-49-51-56(65)55(54-70-62-61(69)60(68)59(67)57(53-64)71-62)63-58(66)52-50-48-46-44-42-40-38-20-18-16-14-12-10-8-6-4-2/h20,38,41,43,49,51,55-57,59-62,64-65,67-69H,3-19,21-37,39-40,42,44-48,50,52-54H2,1-2H3,(H,63,66)/b38-20-,43-41+,51-49+. The third kappa shape index (κ3) is 41.4. The first-order chi connectivity index (χ1) is 34.8. The Kier molecular flexibility index (Phi) is 49.3. The van der Waals surface area contributed by atoms with E-state index in [1.807, 2.05) is 6.08 Å². The number of rotatable bonds is 53. The zero-order valence-corrected chi connectivity index (χ0v) is 46.5. The summed E-state index contributed by atoms with van der Waals surface area (Å²) in [6, 6.07) is -0.826. The summed E-state index contributed by atoms with van der Waals surface area (Å²) in [5.41, 5.74) is 0. The van der Waals surface area contributed by atoms with Crippen molar-refractivity contribution in [1.29, 1.82) is 0 Å². The van der Waals surface area contributed by atoms with E-state index in [4.69, 9.17) is 9.47 Å². The molecule has 0 aromatic heterocycles. The number of allylic oxidation sites excluding steroid dienone is 5. The van der Waals surface area contributed by atoms with E-state index in [9.17, 15) is 30.3 Å². The number of nitrogens with one attached hydrogen (secondary N) is 1. The highest BCUT2D eigenvalue weighted by molar-refractivity contribution is 5.76. The fourth-order valence-corrected chi connectivity index (χ4v) is 9.82. The van der Waals surface area contributed by atoms with Gasteiger partial charge in [0.15, 0.2) is 6.29 Å². The molecule has 0 aliphatic carbocycles. The Balaban J connectivity index is 2.17. The molecule has 1 heterocycles. The van der Waals surface area contributed by atoms with Gasteiger partial charge in [0.2, 0.25) is 5.91 Å².